The lowest BCUT2D eigenvalue weighted by molar-refractivity contribution is 0.312. The van der Waals surface area contributed by atoms with Gasteiger partial charge in [0.2, 0.25) is 11.3 Å². The number of aromatic nitrogens is 5. The molecule has 5 aromatic rings. The second-order valence-corrected chi connectivity index (χ2v) is 11.4. The molecule has 0 radical (unpaired) electrons. The number of rotatable bonds is 8. The van der Waals surface area contributed by atoms with Gasteiger partial charge >= 0.3 is 0 Å². The highest BCUT2D eigenvalue weighted by molar-refractivity contribution is 7.98. The van der Waals surface area contributed by atoms with Crippen LogP contribution in [-0.4, -0.2) is 70.2 Å². The molecule has 0 bridgehead atoms. The quantitative estimate of drug-likeness (QED) is 0.236. The maximum absolute atomic E-state index is 15.4. The maximum Gasteiger partial charge on any atom is 0.277 e. The Morgan fingerprint density at radius 3 is 2.55 bits per heavy atom. The number of likely N-dealkylation sites (N-methyl/N-ethyl adjacent to an activating group) is 1. The van der Waals surface area contributed by atoms with Crippen molar-refractivity contribution < 1.29 is 18.0 Å². The summed E-state index contributed by atoms with van der Waals surface area (Å²) in [5.41, 5.74) is 1.85. The van der Waals surface area contributed by atoms with Gasteiger partial charge in [0.05, 0.1) is 29.6 Å². The van der Waals surface area contributed by atoms with Crippen LogP contribution in [0.4, 0.5) is 10.1 Å². The minimum absolute atomic E-state index is 0.0857. The van der Waals surface area contributed by atoms with Gasteiger partial charge in [-0.15, -0.1) is 20.4 Å². The first-order valence-electron chi connectivity index (χ1n) is 13.7. The topological polar surface area (TPSA) is 116 Å². The number of fused-ring (bicyclic) bond motifs is 1. The summed E-state index contributed by atoms with van der Waals surface area (Å²) in [5, 5.41) is 17.0. The number of ether oxygens (including phenoxy) is 1. The predicted octanol–water partition coefficient (Wildman–Crippen LogP) is 4.63. The largest absolute Gasteiger partial charge is 0.496 e. The second kappa shape index (κ2) is 10.9. The lowest BCUT2D eigenvalue weighted by atomic mass is 10.1. The van der Waals surface area contributed by atoms with E-state index in [9.17, 15) is 4.79 Å². The summed E-state index contributed by atoms with van der Waals surface area (Å²) in [6.07, 6.45) is 3.75. The van der Waals surface area contributed by atoms with Gasteiger partial charge in [0.1, 0.15) is 17.1 Å². The molecular formula is C29H28FN7O4S. The Hall–Kier alpha value is -4.23. The van der Waals surface area contributed by atoms with Gasteiger partial charge < -0.3 is 27.9 Å². The zero-order chi connectivity index (χ0) is 28.8. The lowest BCUT2D eigenvalue weighted by Crippen LogP contribution is -2.44. The molecule has 2 fully saturated rings. The monoisotopic (exact) mass is 589 g/mol. The van der Waals surface area contributed by atoms with Crippen LogP contribution in [0.25, 0.3) is 33.8 Å². The van der Waals surface area contributed by atoms with Crippen LogP contribution >= 0.6 is 11.8 Å². The molecular weight excluding hydrogens is 561 g/mol. The molecule has 0 unspecified atom stereocenters. The summed E-state index contributed by atoms with van der Waals surface area (Å²) in [6, 6.07) is 10.8. The van der Waals surface area contributed by atoms with Crippen LogP contribution in [-0.2, 0) is 5.75 Å². The van der Waals surface area contributed by atoms with Crippen LogP contribution in [0, 0.1) is 5.82 Å². The highest BCUT2D eigenvalue weighted by atomic mass is 32.2. The SMILES string of the molecule is COc1ccccc1-c1nnc(CSc2nnc(-c3cn(C4CC4)c4cc(N5CCN(C)CC5)c(F)cc4c3=O)o2)o1. The number of benzene rings is 2. The molecule has 1 saturated heterocycles. The molecule has 0 atom stereocenters. The summed E-state index contributed by atoms with van der Waals surface area (Å²) in [6.45, 7) is 3.19. The average Bonchev–Trinajstić information content (AvgIpc) is 3.55. The Morgan fingerprint density at radius 1 is 1.00 bits per heavy atom. The highest BCUT2D eigenvalue weighted by Gasteiger charge is 2.28. The Balaban J connectivity index is 1.15. The van der Waals surface area contributed by atoms with Crippen LogP contribution in [0.15, 0.2) is 61.4 Å². The molecule has 11 nitrogen and oxygen atoms in total. The van der Waals surface area contributed by atoms with E-state index in [1.807, 2.05) is 30.3 Å². The van der Waals surface area contributed by atoms with Gasteiger partial charge in [0.25, 0.3) is 17.0 Å². The van der Waals surface area contributed by atoms with Crippen LogP contribution in [0.2, 0.25) is 0 Å². The van der Waals surface area contributed by atoms with Crippen molar-refractivity contribution in [2.75, 3.05) is 45.2 Å². The van der Waals surface area contributed by atoms with Crippen molar-refractivity contribution in [2.45, 2.75) is 29.9 Å². The predicted molar refractivity (Wildman–Crippen MR) is 155 cm³/mol. The number of nitrogens with zero attached hydrogens (tertiary/aromatic N) is 7. The van der Waals surface area contributed by atoms with E-state index in [2.05, 4.69) is 41.8 Å². The summed E-state index contributed by atoms with van der Waals surface area (Å²) >= 11 is 1.21. The van der Waals surface area contributed by atoms with Crippen molar-refractivity contribution >= 4 is 28.4 Å². The fraction of sp³-hybridized carbons (Fsp3) is 0.345. The highest BCUT2D eigenvalue weighted by Crippen LogP contribution is 2.39. The molecule has 1 aliphatic carbocycles. The van der Waals surface area contributed by atoms with Crippen LogP contribution in [0.3, 0.4) is 0 Å². The first-order valence-corrected chi connectivity index (χ1v) is 14.7. The Bertz CT molecular complexity index is 1820. The number of halogens is 1. The molecule has 4 heterocycles. The van der Waals surface area contributed by atoms with Crippen molar-refractivity contribution in [3.05, 3.63) is 64.5 Å². The normalized spacial score (nSPS) is 15.9. The van der Waals surface area contributed by atoms with Crippen LogP contribution in [0.5, 0.6) is 5.75 Å². The third kappa shape index (κ3) is 5.02. The molecule has 0 amide bonds. The van der Waals surface area contributed by atoms with Gasteiger partial charge in [-0.1, -0.05) is 23.9 Å². The van der Waals surface area contributed by atoms with Gasteiger partial charge in [0.15, 0.2) is 0 Å². The third-order valence-electron chi connectivity index (χ3n) is 7.65. The molecule has 42 heavy (non-hydrogen) atoms. The fourth-order valence-corrected chi connectivity index (χ4v) is 5.80. The number of anilines is 1. The zero-order valence-corrected chi connectivity index (χ0v) is 23.9. The van der Waals surface area contributed by atoms with Crippen LogP contribution in [0.1, 0.15) is 24.8 Å². The first kappa shape index (κ1) is 26.7. The minimum Gasteiger partial charge on any atom is -0.496 e. The van der Waals surface area contributed by atoms with Gasteiger partial charge in [-0.2, -0.15) is 0 Å². The summed E-state index contributed by atoms with van der Waals surface area (Å²) in [7, 11) is 3.64. The van der Waals surface area contributed by atoms with E-state index < -0.39 is 5.82 Å². The van der Waals surface area contributed by atoms with Crippen molar-refractivity contribution in [2.24, 2.45) is 0 Å². The summed E-state index contributed by atoms with van der Waals surface area (Å²) < 4.78 is 34.5. The van der Waals surface area contributed by atoms with Crippen molar-refractivity contribution in [1.82, 2.24) is 29.9 Å². The first-order chi connectivity index (χ1) is 20.5. The zero-order valence-electron chi connectivity index (χ0n) is 23.1. The van der Waals surface area contributed by atoms with Crippen LogP contribution < -0.4 is 15.1 Å². The number of piperazine rings is 1. The number of thioether (sulfide) groups is 1. The third-order valence-corrected chi connectivity index (χ3v) is 8.45. The molecule has 216 valence electrons. The molecule has 0 spiro atoms. The van der Waals surface area contributed by atoms with Gasteiger partial charge in [-0.25, -0.2) is 4.39 Å². The van der Waals surface area contributed by atoms with E-state index in [4.69, 9.17) is 13.6 Å². The minimum atomic E-state index is -0.405. The smallest absolute Gasteiger partial charge is 0.277 e. The van der Waals surface area contributed by atoms with E-state index in [1.54, 1.807) is 13.3 Å². The van der Waals surface area contributed by atoms with E-state index in [0.717, 1.165) is 44.5 Å². The van der Waals surface area contributed by atoms with Gasteiger partial charge in [-0.05, 0) is 44.2 Å². The number of hydrogen-bond donors (Lipinski definition) is 0. The molecule has 3 aromatic heterocycles. The number of pyridine rings is 1. The molecule has 2 aliphatic rings. The van der Waals surface area contributed by atoms with Crippen molar-refractivity contribution in [3.8, 4) is 28.7 Å². The van der Waals surface area contributed by atoms with E-state index in [-0.39, 0.29) is 33.9 Å². The summed E-state index contributed by atoms with van der Waals surface area (Å²) in [4.78, 5) is 17.9. The average molecular weight is 590 g/mol. The molecule has 7 rings (SSSR count). The van der Waals surface area contributed by atoms with E-state index in [1.165, 1.54) is 17.8 Å². The van der Waals surface area contributed by atoms with Crippen molar-refractivity contribution in [3.63, 3.8) is 0 Å². The molecule has 2 aromatic carbocycles. The summed E-state index contributed by atoms with van der Waals surface area (Å²) in [5.74, 6) is 1.31. The second-order valence-electron chi connectivity index (χ2n) is 10.5. The maximum atomic E-state index is 15.4. The van der Waals surface area contributed by atoms with E-state index >= 15 is 4.39 Å². The standard InChI is InChI=1S/C29H28FN7O4S/c1-35-9-11-36(12-10-35)23-14-22-19(13-21(23)30)26(38)20(15-37(22)17-7-8-17)28-33-34-29(41-28)42-16-25-31-32-27(40-25)18-5-3-4-6-24(18)39-2/h3-6,13-15,17H,7-12,16H2,1-2H3. The Labute approximate surface area is 244 Å². The molecule has 13 heteroatoms. The number of hydrogen-bond acceptors (Lipinski definition) is 11. The lowest BCUT2D eigenvalue weighted by Gasteiger charge is -2.34. The number of para-hydroxylation sites is 1. The van der Waals surface area contributed by atoms with Gasteiger partial charge in [-0.3, -0.25) is 4.79 Å². The Kier molecular flexibility index (Phi) is 6.90. The Morgan fingerprint density at radius 2 is 1.76 bits per heavy atom. The van der Waals surface area contributed by atoms with Gasteiger partial charge in [0, 0.05) is 43.8 Å². The van der Waals surface area contributed by atoms with E-state index in [0.29, 0.717) is 34.2 Å². The molecule has 0 N–H and O–H groups in total. The molecule has 1 saturated carbocycles. The van der Waals surface area contributed by atoms with Crippen molar-refractivity contribution in [1.29, 1.82) is 0 Å². The molecule has 1 aliphatic heterocycles. The number of methoxy groups -OCH3 is 1. The fourth-order valence-electron chi connectivity index (χ4n) is 5.20.